The van der Waals surface area contributed by atoms with Gasteiger partial charge >= 0.3 is 0 Å². The van der Waals surface area contributed by atoms with Crippen LogP contribution in [0, 0.1) is 5.92 Å². The van der Waals surface area contributed by atoms with Gasteiger partial charge in [-0.3, -0.25) is 4.79 Å². The molecule has 0 spiro atoms. The van der Waals surface area contributed by atoms with E-state index >= 15 is 0 Å². The second-order valence-corrected chi connectivity index (χ2v) is 6.89. The summed E-state index contributed by atoms with van der Waals surface area (Å²) >= 11 is 0. The van der Waals surface area contributed by atoms with Crippen LogP contribution in [0.1, 0.15) is 19.3 Å². The topological polar surface area (TPSA) is 54.5 Å². The van der Waals surface area contributed by atoms with Crippen molar-refractivity contribution in [3.63, 3.8) is 0 Å². The van der Waals surface area contributed by atoms with Gasteiger partial charge in [0.25, 0.3) is 0 Å². The van der Waals surface area contributed by atoms with Gasteiger partial charge in [-0.1, -0.05) is 36.4 Å². The quantitative estimate of drug-likeness (QED) is 0.759. The largest absolute Gasteiger partial charge is 0.273 e. The lowest BCUT2D eigenvalue weighted by atomic mass is 10.1. The third kappa shape index (κ3) is 3.82. The van der Waals surface area contributed by atoms with Gasteiger partial charge in [-0.15, -0.1) is 6.58 Å². The lowest BCUT2D eigenvalue weighted by Gasteiger charge is -2.23. The Morgan fingerprint density at radius 3 is 2.62 bits per heavy atom. The molecule has 0 radical (unpaired) electrons. The zero-order valence-electron chi connectivity index (χ0n) is 11.8. The first-order valence-corrected chi connectivity index (χ1v) is 8.54. The van der Waals surface area contributed by atoms with Crippen molar-refractivity contribution in [1.29, 1.82) is 0 Å². The van der Waals surface area contributed by atoms with Crippen molar-refractivity contribution in [2.75, 3.05) is 10.1 Å². The summed E-state index contributed by atoms with van der Waals surface area (Å²) in [6.45, 7) is 3.46. The first-order chi connectivity index (χ1) is 10.0. The molecule has 1 aliphatic rings. The van der Waals surface area contributed by atoms with Gasteiger partial charge in [0.2, 0.25) is 15.9 Å². The lowest BCUT2D eigenvalue weighted by Crippen LogP contribution is -2.38. The number of carbonyl (C=O) groups is 1. The highest BCUT2D eigenvalue weighted by atomic mass is 32.2. The Balaban J connectivity index is 2.29. The fourth-order valence-corrected chi connectivity index (χ4v) is 3.69. The van der Waals surface area contributed by atoms with Crippen LogP contribution in [-0.4, -0.2) is 20.1 Å². The fourth-order valence-electron chi connectivity index (χ4n) is 2.42. The Hall–Kier alpha value is -1.88. The molecule has 0 saturated heterocycles. The molecule has 1 unspecified atom stereocenters. The van der Waals surface area contributed by atoms with Gasteiger partial charge in [-0.25, -0.2) is 12.7 Å². The molecule has 0 N–H and O–H groups in total. The first-order valence-electron chi connectivity index (χ1n) is 6.93. The van der Waals surface area contributed by atoms with Gasteiger partial charge in [0.05, 0.1) is 11.4 Å². The zero-order valence-corrected chi connectivity index (χ0v) is 12.6. The lowest BCUT2D eigenvalue weighted by molar-refractivity contribution is -0.118. The van der Waals surface area contributed by atoms with Gasteiger partial charge < -0.3 is 0 Å². The fraction of sp³-hybridized carbons (Fsp3) is 0.312. The molecule has 0 aliphatic heterocycles. The summed E-state index contributed by atoms with van der Waals surface area (Å²) in [4.78, 5) is 12.5. The standard InChI is InChI=1S/C16H19NO3S/c1-2-12-21(19,20)17(15-10-4-3-5-11-15)16(18)13-14-8-6-7-9-14/h2-6,8,10-11,14H,1,7,9,12-13H2. The smallest absolute Gasteiger partial charge is 0.245 e. The second kappa shape index (κ2) is 6.72. The number of benzene rings is 1. The van der Waals surface area contributed by atoms with Gasteiger partial charge in [-0.2, -0.15) is 0 Å². The van der Waals surface area contributed by atoms with Gasteiger partial charge in [0.1, 0.15) is 0 Å². The number of allylic oxidation sites excluding steroid dienone is 2. The Morgan fingerprint density at radius 1 is 1.33 bits per heavy atom. The Labute approximate surface area is 125 Å². The van der Waals surface area contributed by atoms with Crippen LogP contribution in [0.15, 0.2) is 55.1 Å². The molecular weight excluding hydrogens is 286 g/mol. The van der Waals surface area contributed by atoms with E-state index in [0.717, 1.165) is 17.1 Å². The number of para-hydroxylation sites is 1. The second-order valence-electron chi connectivity index (χ2n) is 5.03. The summed E-state index contributed by atoms with van der Waals surface area (Å²) in [5.74, 6) is -0.518. The number of anilines is 1. The molecule has 1 atom stereocenters. The van der Waals surface area contributed by atoms with E-state index < -0.39 is 10.0 Å². The number of sulfonamides is 1. The number of carbonyl (C=O) groups excluding carboxylic acids is 1. The maximum Gasteiger partial charge on any atom is 0.245 e. The minimum absolute atomic E-state index is 0.127. The minimum atomic E-state index is -3.72. The summed E-state index contributed by atoms with van der Waals surface area (Å²) in [7, 11) is -3.72. The molecule has 4 nitrogen and oxygen atoms in total. The molecule has 0 heterocycles. The molecule has 1 aromatic carbocycles. The SMILES string of the molecule is C=CCS(=O)(=O)N(C(=O)CC1C=CCC1)c1ccccc1. The van der Waals surface area contributed by atoms with Crippen molar-refractivity contribution < 1.29 is 13.2 Å². The summed E-state index contributed by atoms with van der Waals surface area (Å²) in [6, 6.07) is 8.47. The van der Waals surface area contributed by atoms with Crippen LogP contribution in [0.5, 0.6) is 0 Å². The van der Waals surface area contributed by atoms with E-state index in [9.17, 15) is 13.2 Å². The Bertz CT molecular complexity index is 635. The molecule has 112 valence electrons. The van der Waals surface area contributed by atoms with E-state index in [1.807, 2.05) is 12.2 Å². The van der Waals surface area contributed by atoms with Crippen LogP contribution in [0.3, 0.4) is 0 Å². The van der Waals surface area contributed by atoms with Gasteiger partial charge in [0.15, 0.2) is 0 Å². The van der Waals surface area contributed by atoms with Crippen molar-refractivity contribution in [2.45, 2.75) is 19.3 Å². The minimum Gasteiger partial charge on any atom is -0.273 e. The highest BCUT2D eigenvalue weighted by molar-refractivity contribution is 7.93. The van der Waals surface area contributed by atoms with Crippen molar-refractivity contribution in [3.8, 4) is 0 Å². The van der Waals surface area contributed by atoms with E-state index in [0.29, 0.717) is 5.69 Å². The third-order valence-electron chi connectivity index (χ3n) is 3.37. The van der Waals surface area contributed by atoms with Crippen molar-refractivity contribution >= 4 is 21.6 Å². The average Bonchev–Trinajstić information content (AvgIpc) is 2.92. The maximum atomic E-state index is 12.5. The molecule has 0 bridgehead atoms. The summed E-state index contributed by atoms with van der Waals surface area (Å²) in [6.07, 6.45) is 7.37. The van der Waals surface area contributed by atoms with Crippen LogP contribution < -0.4 is 4.31 Å². The number of hydrogen-bond acceptors (Lipinski definition) is 3. The van der Waals surface area contributed by atoms with Crippen LogP contribution in [-0.2, 0) is 14.8 Å². The highest BCUT2D eigenvalue weighted by Gasteiger charge is 2.29. The summed E-state index contributed by atoms with van der Waals surface area (Å²) in [5.41, 5.74) is 0.381. The average molecular weight is 305 g/mol. The van der Waals surface area contributed by atoms with Crippen molar-refractivity contribution in [1.82, 2.24) is 0 Å². The normalized spacial score (nSPS) is 17.6. The number of amides is 1. The predicted octanol–water partition coefficient (Wildman–Crippen LogP) is 2.89. The molecule has 0 aromatic heterocycles. The number of nitrogens with zero attached hydrogens (tertiary/aromatic N) is 1. The van der Waals surface area contributed by atoms with E-state index in [-0.39, 0.29) is 24.0 Å². The van der Waals surface area contributed by atoms with Gasteiger partial charge in [-0.05, 0) is 30.9 Å². The van der Waals surface area contributed by atoms with Crippen LogP contribution in [0.4, 0.5) is 5.69 Å². The monoisotopic (exact) mass is 305 g/mol. The van der Waals surface area contributed by atoms with Gasteiger partial charge in [0, 0.05) is 6.42 Å². The van der Waals surface area contributed by atoms with E-state index in [4.69, 9.17) is 0 Å². The molecule has 1 aromatic rings. The summed E-state index contributed by atoms with van der Waals surface area (Å²) in [5, 5.41) is 0. The Kier molecular flexibility index (Phi) is 4.96. The summed E-state index contributed by atoms with van der Waals surface area (Å²) < 4.78 is 25.6. The molecule has 21 heavy (non-hydrogen) atoms. The van der Waals surface area contributed by atoms with E-state index in [2.05, 4.69) is 6.58 Å². The third-order valence-corrected chi connectivity index (χ3v) is 5.00. The highest BCUT2D eigenvalue weighted by Crippen LogP contribution is 2.25. The molecule has 2 rings (SSSR count). The zero-order chi connectivity index (χ0) is 15.3. The predicted molar refractivity (Wildman–Crippen MR) is 84.4 cm³/mol. The maximum absolute atomic E-state index is 12.5. The number of rotatable bonds is 6. The number of hydrogen-bond donors (Lipinski definition) is 0. The van der Waals surface area contributed by atoms with Crippen molar-refractivity contribution in [2.24, 2.45) is 5.92 Å². The molecule has 0 saturated carbocycles. The van der Waals surface area contributed by atoms with Crippen LogP contribution in [0.2, 0.25) is 0 Å². The molecule has 5 heteroatoms. The van der Waals surface area contributed by atoms with E-state index in [1.54, 1.807) is 30.3 Å². The Morgan fingerprint density at radius 2 is 2.05 bits per heavy atom. The molecule has 1 amide bonds. The molecule has 0 fully saturated rings. The van der Waals surface area contributed by atoms with Crippen LogP contribution >= 0.6 is 0 Å². The molecule has 1 aliphatic carbocycles. The van der Waals surface area contributed by atoms with Crippen molar-refractivity contribution in [3.05, 3.63) is 55.1 Å². The molecular formula is C16H19NO3S. The first kappa shape index (κ1) is 15.5. The van der Waals surface area contributed by atoms with E-state index in [1.165, 1.54) is 6.08 Å². The van der Waals surface area contributed by atoms with Crippen LogP contribution in [0.25, 0.3) is 0 Å².